The van der Waals surface area contributed by atoms with Gasteiger partial charge < -0.3 is 19.5 Å². The second-order valence-corrected chi connectivity index (χ2v) is 3.93. The number of benzene rings is 1. The smallest absolute Gasteiger partial charge is 0.372 e. The van der Waals surface area contributed by atoms with E-state index in [1.165, 1.54) is 6.07 Å². The molecule has 0 aliphatic carbocycles. The highest BCUT2D eigenvalue weighted by Crippen LogP contribution is 2.18. The van der Waals surface area contributed by atoms with Crippen LogP contribution in [0, 0.1) is 0 Å². The molecule has 0 saturated carbocycles. The average molecular weight is 262 g/mol. The minimum Gasteiger partial charge on any atom is -0.508 e. The predicted octanol–water partition coefficient (Wildman–Crippen LogP) is 1.89. The van der Waals surface area contributed by atoms with Crippen molar-refractivity contribution in [1.82, 2.24) is 9.55 Å². The van der Waals surface area contributed by atoms with Crippen molar-refractivity contribution in [2.45, 2.75) is 20.1 Å². The van der Waals surface area contributed by atoms with Gasteiger partial charge in [-0.1, -0.05) is 6.07 Å². The van der Waals surface area contributed by atoms with Gasteiger partial charge in [0.15, 0.2) is 0 Å². The summed E-state index contributed by atoms with van der Waals surface area (Å²) in [5, 5.41) is 18.3. The molecule has 6 nitrogen and oxygen atoms in total. The van der Waals surface area contributed by atoms with Crippen molar-refractivity contribution in [2.75, 3.05) is 0 Å². The van der Waals surface area contributed by atoms with Crippen molar-refractivity contribution in [3.8, 4) is 11.5 Å². The predicted molar refractivity (Wildman–Crippen MR) is 67.3 cm³/mol. The molecule has 1 heterocycles. The van der Waals surface area contributed by atoms with Crippen LogP contribution in [-0.4, -0.2) is 25.7 Å². The van der Waals surface area contributed by atoms with Crippen molar-refractivity contribution in [3.63, 3.8) is 0 Å². The van der Waals surface area contributed by atoms with E-state index in [4.69, 9.17) is 9.84 Å². The fraction of sp³-hybridized carbons (Fsp3) is 0.231. The van der Waals surface area contributed by atoms with E-state index in [9.17, 15) is 9.90 Å². The Hall–Kier alpha value is -2.50. The Morgan fingerprint density at radius 2 is 2.26 bits per heavy atom. The van der Waals surface area contributed by atoms with Gasteiger partial charge >= 0.3 is 5.97 Å². The Labute approximate surface area is 109 Å². The monoisotopic (exact) mass is 262 g/mol. The number of imidazole rings is 1. The number of aromatic carboxylic acids is 1. The van der Waals surface area contributed by atoms with E-state index < -0.39 is 5.97 Å². The minimum absolute atomic E-state index is 0.00277. The molecular formula is C13H14N2O4. The van der Waals surface area contributed by atoms with E-state index in [2.05, 4.69) is 4.98 Å². The number of carboxylic acid groups (broad SMARTS) is 1. The van der Waals surface area contributed by atoms with Crippen LogP contribution >= 0.6 is 0 Å². The lowest BCUT2D eigenvalue weighted by atomic mass is 10.3. The molecule has 0 aliphatic rings. The fourth-order valence-electron chi connectivity index (χ4n) is 1.68. The molecule has 2 N–H and O–H groups in total. The zero-order chi connectivity index (χ0) is 13.8. The summed E-state index contributed by atoms with van der Waals surface area (Å²) in [7, 11) is 0. The number of hydrogen-bond donors (Lipinski definition) is 2. The van der Waals surface area contributed by atoms with Gasteiger partial charge in [0.05, 0.1) is 5.69 Å². The van der Waals surface area contributed by atoms with E-state index in [0.717, 1.165) is 0 Å². The maximum Gasteiger partial charge on any atom is 0.372 e. The van der Waals surface area contributed by atoms with Gasteiger partial charge in [-0.2, -0.15) is 0 Å². The second-order valence-electron chi connectivity index (χ2n) is 3.93. The molecular weight excluding hydrogens is 248 g/mol. The lowest BCUT2D eigenvalue weighted by Crippen LogP contribution is -2.07. The molecule has 6 heteroatoms. The van der Waals surface area contributed by atoms with E-state index in [1.54, 1.807) is 29.0 Å². The Morgan fingerprint density at radius 1 is 1.47 bits per heavy atom. The maximum atomic E-state index is 11.0. The van der Waals surface area contributed by atoms with Gasteiger partial charge in [0.1, 0.15) is 18.1 Å². The van der Waals surface area contributed by atoms with Gasteiger partial charge in [0.25, 0.3) is 0 Å². The van der Waals surface area contributed by atoms with Gasteiger partial charge in [-0.3, -0.25) is 0 Å². The number of nitrogens with zero attached hydrogens (tertiary/aromatic N) is 2. The lowest BCUT2D eigenvalue weighted by Gasteiger charge is -2.03. The molecule has 0 spiro atoms. The van der Waals surface area contributed by atoms with Crippen LogP contribution in [0.2, 0.25) is 0 Å². The molecule has 0 amide bonds. The Kier molecular flexibility index (Phi) is 3.70. The number of carbonyl (C=O) groups is 1. The van der Waals surface area contributed by atoms with Crippen LogP contribution in [0.1, 0.15) is 23.2 Å². The molecule has 19 heavy (non-hydrogen) atoms. The highest BCUT2D eigenvalue weighted by atomic mass is 16.5. The van der Waals surface area contributed by atoms with Gasteiger partial charge in [0.2, 0.25) is 5.82 Å². The maximum absolute atomic E-state index is 11.0. The summed E-state index contributed by atoms with van der Waals surface area (Å²) in [5.74, 6) is -0.451. The number of ether oxygens (including phenoxy) is 1. The average Bonchev–Trinajstić information content (AvgIpc) is 2.80. The summed E-state index contributed by atoms with van der Waals surface area (Å²) in [6.07, 6.45) is 1.65. The van der Waals surface area contributed by atoms with E-state index >= 15 is 0 Å². The number of hydrogen-bond acceptors (Lipinski definition) is 4. The van der Waals surface area contributed by atoms with Crippen LogP contribution in [0.5, 0.6) is 11.5 Å². The molecule has 2 rings (SSSR count). The summed E-state index contributed by atoms with van der Waals surface area (Å²) >= 11 is 0. The Morgan fingerprint density at radius 3 is 2.84 bits per heavy atom. The molecule has 100 valence electrons. The number of rotatable bonds is 5. The van der Waals surface area contributed by atoms with Crippen molar-refractivity contribution in [1.29, 1.82) is 0 Å². The Balaban J connectivity index is 2.09. The number of phenols is 1. The van der Waals surface area contributed by atoms with Crippen molar-refractivity contribution < 1.29 is 19.7 Å². The third-order valence-corrected chi connectivity index (χ3v) is 2.56. The SMILES string of the molecule is CCn1cc(COc2cccc(O)c2)nc1C(=O)O. The van der Waals surface area contributed by atoms with E-state index in [-0.39, 0.29) is 18.2 Å². The highest BCUT2D eigenvalue weighted by Gasteiger charge is 2.13. The minimum atomic E-state index is -1.06. The Bertz CT molecular complexity index is 592. The van der Waals surface area contributed by atoms with Gasteiger partial charge in [-0.15, -0.1) is 0 Å². The highest BCUT2D eigenvalue weighted by molar-refractivity contribution is 5.83. The molecule has 1 aromatic heterocycles. The first-order valence-corrected chi connectivity index (χ1v) is 5.81. The molecule has 0 unspecified atom stereocenters. The number of aromatic nitrogens is 2. The summed E-state index contributed by atoms with van der Waals surface area (Å²) in [6, 6.07) is 6.39. The lowest BCUT2D eigenvalue weighted by molar-refractivity contribution is 0.0678. The van der Waals surface area contributed by atoms with Crippen LogP contribution in [0.25, 0.3) is 0 Å². The third kappa shape index (κ3) is 3.04. The molecule has 0 saturated heterocycles. The number of aryl methyl sites for hydroxylation is 1. The van der Waals surface area contributed by atoms with Crippen LogP contribution in [0.3, 0.4) is 0 Å². The van der Waals surface area contributed by atoms with E-state index in [1.807, 2.05) is 6.92 Å². The van der Waals surface area contributed by atoms with Crippen molar-refractivity contribution in [3.05, 3.63) is 42.0 Å². The molecule has 0 aliphatic heterocycles. The fourth-order valence-corrected chi connectivity index (χ4v) is 1.68. The topological polar surface area (TPSA) is 84.6 Å². The number of aromatic hydroxyl groups is 1. The quantitative estimate of drug-likeness (QED) is 0.859. The first-order chi connectivity index (χ1) is 9.10. The van der Waals surface area contributed by atoms with Gasteiger partial charge in [-0.25, -0.2) is 9.78 Å². The zero-order valence-electron chi connectivity index (χ0n) is 10.4. The first-order valence-electron chi connectivity index (χ1n) is 5.81. The molecule has 1 aromatic carbocycles. The van der Waals surface area contributed by atoms with E-state index in [0.29, 0.717) is 18.0 Å². The third-order valence-electron chi connectivity index (χ3n) is 2.56. The zero-order valence-corrected chi connectivity index (χ0v) is 10.4. The summed E-state index contributed by atoms with van der Waals surface area (Å²) < 4.78 is 6.98. The largest absolute Gasteiger partial charge is 0.508 e. The number of carboxylic acids is 1. The van der Waals surface area contributed by atoms with Crippen LogP contribution in [0.4, 0.5) is 0 Å². The van der Waals surface area contributed by atoms with Crippen LogP contribution < -0.4 is 4.74 Å². The second kappa shape index (κ2) is 5.43. The molecule has 0 bridgehead atoms. The normalized spacial score (nSPS) is 10.4. The molecule has 2 aromatic rings. The molecule has 0 fully saturated rings. The standard InChI is InChI=1S/C13H14N2O4/c1-2-15-7-9(14-12(15)13(17)18)8-19-11-5-3-4-10(16)6-11/h3-7,16H,2,8H2,1H3,(H,17,18). The van der Waals surface area contributed by atoms with Crippen molar-refractivity contribution in [2.24, 2.45) is 0 Å². The first kappa shape index (κ1) is 12.9. The molecule has 0 radical (unpaired) electrons. The van der Waals surface area contributed by atoms with Gasteiger partial charge in [-0.05, 0) is 19.1 Å². The molecule has 0 atom stereocenters. The summed E-state index contributed by atoms with van der Waals surface area (Å²) in [6.45, 7) is 2.52. The summed E-state index contributed by atoms with van der Waals surface area (Å²) in [5.41, 5.74) is 0.530. The summed E-state index contributed by atoms with van der Waals surface area (Å²) in [4.78, 5) is 14.9. The van der Waals surface area contributed by atoms with Crippen molar-refractivity contribution >= 4 is 5.97 Å². The van der Waals surface area contributed by atoms with Crippen LogP contribution in [0.15, 0.2) is 30.5 Å². The van der Waals surface area contributed by atoms with Crippen LogP contribution in [-0.2, 0) is 13.2 Å². The number of phenolic OH excluding ortho intramolecular Hbond substituents is 1. The van der Waals surface area contributed by atoms with Gasteiger partial charge in [0, 0.05) is 18.8 Å².